The Kier molecular flexibility index (Phi) is 5.84. The first kappa shape index (κ1) is 10.4. The Labute approximate surface area is 68.1 Å². The van der Waals surface area contributed by atoms with Gasteiger partial charge in [-0.05, 0) is 13.8 Å². The molecule has 0 saturated carbocycles. The molecule has 0 saturated heterocycles. The van der Waals surface area contributed by atoms with Gasteiger partial charge in [0, 0.05) is 19.6 Å². The predicted octanol–water partition coefficient (Wildman–Crippen LogP) is 0.938. The van der Waals surface area contributed by atoms with Crippen LogP contribution < -0.4 is 5.32 Å². The first-order valence-electron chi connectivity index (χ1n) is 4.09. The molecule has 0 heterocycles. The van der Waals surface area contributed by atoms with Gasteiger partial charge in [0.25, 0.3) is 0 Å². The Hall–Kier alpha value is -0.570. The van der Waals surface area contributed by atoms with Crippen molar-refractivity contribution in [2.24, 2.45) is 0 Å². The molecule has 1 amide bonds. The number of ether oxygens (including phenoxy) is 1. The van der Waals surface area contributed by atoms with Crippen LogP contribution in [0.25, 0.3) is 0 Å². The lowest BCUT2D eigenvalue weighted by atomic mass is 10.3. The number of hydrogen-bond donors (Lipinski definition) is 1. The highest BCUT2D eigenvalue weighted by Gasteiger charge is 2.01. The van der Waals surface area contributed by atoms with Gasteiger partial charge in [-0.1, -0.05) is 6.92 Å². The molecule has 1 N–H and O–H groups in total. The van der Waals surface area contributed by atoms with Gasteiger partial charge in [0.2, 0.25) is 5.91 Å². The zero-order valence-electron chi connectivity index (χ0n) is 7.52. The highest BCUT2D eigenvalue weighted by molar-refractivity contribution is 5.75. The molecule has 0 aromatic rings. The van der Waals surface area contributed by atoms with E-state index < -0.39 is 0 Å². The number of carbonyl (C=O) groups is 1. The molecule has 0 aromatic heterocycles. The van der Waals surface area contributed by atoms with Crippen molar-refractivity contribution in [2.75, 3.05) is 13.2 Å². The summed E-state index contributed by atoms with van der Waals surface area (Å²) in [5.41, 5.74) is 0. The van der Waals surface area contributed by atoms with Crippen LogP contribution in [0.1, 0.15) is 27.2 Å². The Morgan fingerprint density at radius 3 is 2.64 bits per heavy atom. The zero-order chi connectivity index (χ0) is 8.69. The zero-order valence-corrected chi connectivity index (χ0v) is 7.52. The molecule has 0 rings (SSSR count). The average Bonchev–Trinajstić information content (AvgIpc) is 2.01. The quantitative estimate of drug-likeness (QED) is 0.648. The van der Waals surface area contributed by atoms with Gasteiger partial charge in [-0.15, -0.1) is 0 Å². The second kappa shape index (κ2) is 6.16. The highest BCUT2D eigenvalue weighted by Crippen LogP contribution is 1.87. The van der Waals surface area contributed by atoms with Crippen molar-refractivity contribution in [1.29, 1.82) is 0 Å². The maximum atomic E-state index is 10.8. The summed E-state index contributed by atoms with van der Waals surface area (Å²) in [5.74, 6) is 0.0801. The Morgan fingerprint density at radius 2 is 2.18 bits per heavy atom. The van der Waals surface area contributed by atoms with Gasteiger partial charge in [0.15, 0.2) is 0 Å². The SMILES string of the molecule is CCOC(C)CNC(=O)CC. The van der Waals surface area contributed by atoms with E-state index in [1.54, 1.807) is 0 Å². The van der Waals surface area contributed by atoms with Crippen molar-refractivity contribution in [1.82, 2.24) is 5.32 Å². The van der Waals surface area contributed by atoms with E-state index in [0.29, 0.717) is 19.6 Å². The summed E-state index contributed by atoms with van der Waals surface area (Å²) in [6.07, 6.45) is 0.661. The number of hydrogen-bond acceptors (Lipinski definition) is 2. The first-order valence-corrected chi connectivity index (χ1v) is 4.09. The minimum absolute atomic E-state index is 0.0801. The van der Waals surface area contributed by atoms with Crippen molar-refractivity contribution in [3.63, 3.8) is 0 Å². The molecule has 3 heteroatoms. The van der Waals surface area contributed by atoms with E-state index >= 15 is 0 Å². The van der Waals surface area contributed by atoms with Gasteiger partial charge in [-0.3, -0.25) is 4.79 Å². The summed E-state index contributed by atoms with van der Waals surface area (Å²) < 4.78 is 5.22. The molecule has 0 spiro atoms. The monoisotopic (exact) mass is 159 g/mol. The lowest BCUT2D eigenvalue weighted by molar-refractivity contribution is -0.121. The minimum Gasteiger partial charge on any atom is -0.377 e. The molecule has 66 valence electrons. The van der Waals surface area contributed by atoms with Crippen LogP contribution in [-0.4, -0.2) is 25.2 Å². The topological polar surface area (TPSA) is 38.3 Å². The van der Waals surface area contributed by atoms with Gasteiger partial charge in [0.05, 0.1) is 6.10 Å². The van der Waals surface area contributed by atoms with Gasteiger partial charge >= 0.3 is 0 Å². The van der Waals surface area contributed by atoms with Crippen molar-refractivity contribution in [3.05, 3.63) is 0 Å². The molecule has 0 aliphatic rings. The van der Waals surface area contributed by atoms with Crippen LogP contribution in [0.2, 0.25) is 0 Å². The normalized spacial score (nSPS) is 12.6. The van der Waals surface area contributed by atoms with Gasteiger partial charge in [0.1, 0.15) is 0 Å². The Bertz CT molecular complexity index is 115. The molecule has 1 atom stereocenters. The molecular formula is C8H17NO2. The fraction of sp³-hybridized carbons (Fsp3) is 0.875. The molecule has 0 aromatic carbocycles. The van der Waals surface area contributed by atoms with Crippen LogP contribution in [0, 0.1) is 0 Å². The second-order valence-electron chi connectivity index (χ2n) is 2.42. The van der Waals surface area contributed by atoms with E-state index in [1.807, 2.05) is 20.8 Å². The average molecular weight is 159 g/mol. The fourth-order valence-corrected chi connectivity index (χ4v) is 0.726. The predicted molar refractivity (Wildman–Crippen MR) is 44.4 cm³/mol. The lowest BCUT2D eigenvalue weighted by Crippen LogP contribution is -2.31. The van der Waals surface area contributed by atoms with Gasteiger partial charge in [-0.25, -0.2) is 0 Å². The molecule has 11 heavy (non-hydrogen) atoms. The summed E-state index contributed by atoms with van der Waals surface area (Å²) in [4.78, 5) is 10.8. The van der Waals surface area contributed by atoms with E-state index in [9.17, 15) is 4.79 Å². The molecular weight excluding hydrogens is 142 g/mol. The fourth-order valence-electron chi connectivity index (χ4n) is 0.726. The van der Waals surface area contributed by atoms with Gasteiger partial charge in [-0.2, -0.15) is 0 Å². The number of rotatable bonds is 5. The smallest absolute Gasteiger partial charge is 0.219 e. The largest absolute Gasteiger partial charge is 0.377 e. The molecule has 1 unspecified atom stereocenters. The maximum absolute atomic E-state index is 10.8. The molecule has 0 aliphatic heterocycles. The molecule has 0 radical (unpaired) electrons. The van der Waals surface area contributed by atoms with Crippen molar-refractivity contribution in [3.8, 4) is 0 Å². The summed E-state index contributed by atoms with van der Waals surface area (Å²) in [5, 5.41) is 2.75. The van der Waals surface area contributed by atoms with E-state index in [2.05, 4.69) is 5.32 Å². The maximum Gasteiger partial charge on any atom is 0.219 e. The van der Waals surface area contributed by atoms with Crippen LogP contribution in [0.4, 0.5) is 0 Å². The van der Waals surface area contributed by atoms with Crippen molar-refractivity contribution < 1.29 is 9.53 Å². The van der Waals surface area contributed by atoms with Crippen molar-refractivity contribution >= 4 is 5.91 Å². The van der Waals surface area contributed by atoms with Crippen LogP contribution in [-0.2, 0) is 9.53 Å². The van der Waals surface area contributed by atoms with E-state index in [-0.39, 0.29) is 12.0 Å². The number of nitrogens with one attached hydrogen (secondary N) is 1. The van der Waals surface area contributed by atoms with Crippen LogP contribution >= 0.6 is 0 Å². The second-order valence-corrected chi connectivity index (χ2v) is 2.42. The third-order valence-corrected chi connectivity index (χ3v) is 1.36. The standard InChI is InChI=1S/C8H17NO2/c1-4-8(10)9-6-7(3)11-5-2/h7H,4-6H2,1-3H3,(H,9,10). The molecule has 0 aliphatic carbocycles. The summed E-state index contributed by atoms with van der Waals surface area (Å²) in [6, 6.07) is 0. The van der Waals surface area contributed by atoms with E-state index in [1.165, 1.54) is 0 Å². The third-order valence-electron chi connectivity index (χ3n) is 1.36. The third kappa shape index (κ3) is 5.85. The molecule has 3 nitrogen and oxygen atoms in total. The number of amides is 1. The summed E-state index contributed by atoms with van der Waals surface area (Å²) in [6.45, 7) is 7.03. The molecule has 0 fully saturated rings. The first-order chi connectivity index (χ1) is 5.20. The van der Waals surface area contributed by atoms with E-state index in [0.717, 1.165) is 0 Å². The van der Waals surface area contributed by atoms with E-state index in [4.69, 9.17) is 4.74 Å². The summed E-state index contributed by atoms with van der Waals surface area (Å²) in [7, 11) is 0. The van der Waals surface area contributed by atoms with Crippen LogP contribution in [0.5, 0.6) is 0 Å². The van der Waals surface area contributed by atoms with Crippen LogP contribution in [0.3, 0.4) is 0 Å². The minimum atomic E-state index is 0.0801. The summed E-state index contributed by atoms with van der Waals surface area (Å²) >= 11 is 0. The van der Waals surface area contributed by atoms with Crippen molar-refractivity contribution in [2.45, 2.75) is 33.3 Å². The number of carbonyl (C=O) groups excluding carboxylic acids is 1. The molecule has 0 bridgehead atoms. The van der Waals surface area contributed by atoms with Gasteiger partial charge < -0.3 is 10.1 Å². The Balaban J connectivity index is 3.29. The highest BCUT2D eigenvalue weighted by atomic mass is 16.5. The Morgan fingerprint density at radius 1 is 1.55 bits per heavy atom. The lowest BCUT2D eigenvalue weighted by Gasteiger charge is -2.11. The van der Waals surface area contributed by atoms with Crippen LogP contribution in [0.15, 0.2) is 0 Å².